The van der Waals surface area contributed by atoms with Crippen LogP contribution in [0.2, 0.25) is 5.15 Å². The van der Waals surface area contributed by atoms with E-state index in [1.54, 1.807) is 10.9 Å². The number of fused-ring (bicyclic) bond motifs is 1. The van der Waals surface area contributed by atoms with Crippen LogP contribution >= 0.6 is 11.6 Å². The van der Waals surface area contributed by atoms with E-state index in [0.717, 1.165) is 46.1 Å². The molecule has 0 N–H and O–H groups in total. The van der Waals surface area contributed by atoms with Gasteiger partial charge in [0.05, 0.1) is 17.6 Å². The monoisotopic (exact) mass is 432 g/mol. The first-order valence-electron chi connectivity index (χ1n) is 10.5. The first kappa shape index (κ1) is 21.2. The number of hydrogen-bond donors (Lipinski definition) is 0. The summed E-state index contributed by atoms with van der Waals surface area (Å²) in [6, 6.07) is 15.7. The number of aromatic nitrogens is 4. The van der Waals surface area contributed by atoms with Gasteiger partial charge in [0.1, 0.15) is 10.9 Å². The summed E-state index contributed by atoms with van der Waals surface area (Å²) in [5, 5.41) is 10.8. The quantitative estimate of drug-likeness (QED) is 0.349. The molecule has 5 nitrogen and oxygen atoms in total. The van der Waals surface area contributed by atoms with E-state index >= 15 is 0 Å². The number of benzene rings is 2. The molecule has 0 saturated carbocycles. The molecule has 158 valence electrons. The summed E-state index contributed by atoms with van der Waals surface area (Å²) in [4.78, 5) is 16.9. The number of carbonyl (C=O) groups is 1. The molecule has 0 spiro atoms. The Morgan fingerprint density at radius 3 is 2.52 bits per heavy atom. The summed E-state index contributed by atoms with van der Waals surface area (Å²) in [6.45, 7) is 4.41. The maximum Gasteiger partial charge on any atom is 0.141 e. The van der Waals surface area contributed by atoms with Crippen LogP contribution in [0.1, 0.15) is 37.1 Å². The molecule has 2 aromatic carbocycles. The van der Waals surface area contributed by atoms with Crippen LogP contribution in [0.25, 0.3) is 16.5 Å². The van der Waals surface area contributed by atoms with Gasteiger partial charge in [-0.3, -0.25) is 4.79 Å². The van der Waals surface area contributed by atoms with Gasteiger partial charge in [-0.15, -0.1) is 5.10 Å². The Hall–Kier alpha value is -3.05. The highest BCUT2D eigenvalue weighted by Gasteiger charge is 2.11. The van der Waals surface area contributed by atoms with E-state index in [1.807, 2.05) is 54.7 Å². The number of halogens is 1. The number of hydrogen-bond acceptors (Lipinski definition) is 4. The Bertz CT molecular complexity index is 1200. The van der Waals surface area contributed by atoms with E-state index in [2.05, 4.69) is 29.1 Å². The van der Waals surface area contributed by atoms with Crippen molar-refractivity contribution in [3.63, 3.8) is 0 Å². The van der Waals surface area contributed by atoms with Gasteiger partial charge < -0.3 is 0 Å². The van der Waals surface area contributed by atoms with Crippen LogP contribution in [0.4, 0.5) is 0 Å². The fourth-order valence-electron chi connectivity index (χ4n) is 3.60. The summed E-state index contributed by atoms with van der Waals surface area (Å²) in [7, 11) is 0. The Labute approximate surface area is 187 Å². The van der Waals surface area contributed by atoms with E-state index < -0.39 is 0 Å². The zero-order chi connectivity index (χ0) is 21.8. The molecule has 0 unspecified atom stereocenters. The zero-order valence-corrected chi connectivity index (χ0v) is 18.5. The van der Waals surface area contributed by atoms with Crippen molar-refractivity contribution in [1.29, 1.82) is 0 Å². The Kier molecular flexibility index (Phi) is 6.42. The molecule has 0 aliphatic heterocycles. The van der Waals surface area contributed by atoms with Gasteiger partial charge in [0.2, 0.25) is 0 Å². The van der Waals surface area contributed by atoms with Crippen LogP contribution in [-0.2, 0) is 24.1 Å². The number of aryl methyl sites for hydroxylation is 1. The van der Waals surface area contributed by atoms with Crippen molar-refractivity contribution in [2.24, 2.45) is 5.92 Å². The summed E-state index contributed by atoms with van der Waals surface area (Å²) in [5.74, 6) is 0.780. The molecule has 2 aromatic heterocycles. The van der Waals surface area contributed by atoms with E-state index in [-0.39, 0.29) is 5.78 Å². The minimum Gasteiger partial charge on any atom is -0.299 e. The van der Waals surface area contributed by atoms with Crippen molar-refractivity contribution in [1.82, 2.24) is 20.0 Å². The molecule has 4 aromatic rings. The van der Waals surface area contributed by atoms with Gasteiger partial charge in [0, 0.05) is 24.4 Å². The number of Topliss-reactive ketones (excluding diaryl/α,β-unsaturated/α-hetero) is 1. The molecule has 0 saturated heterocycles. The molecule has 0 fully saturated rings. The van der Waals surface area contributed by atoms with Crippen molar-refractivity contribution >= 4 is 28.2 Å². The molecule has 6 heteroatoms. The highest BCUT2D eigenvalue weighted by atomic mass is 35.5. The summed E-state index contributed by atoms with van der Waals surface area (Å²) >= 11 is 6.19. The van der Waals surface area contributed by atoms with Crippen LogP contribution in [0.15, 0.2) is 60.9 Å². The number of carbonyl (C=O) groups excluding carboxylic acids is 1. The lowest BCUT2D eigenvalue weighted by molar-refractivity contribution is -0.117. The standard InChI is InChI=1S/C25H25ClN4O/c1-17(2)7-10-20-16-30(29-28-20)21-11-8-18(9-12-21)13-22(31)14-19-15-27-25(26)24-6-4-3-5-23(19)24/h3-6,8-9,11-12,15-17H,7,10,13-14H2,1-2H3. The number of nitrogens with zero attached hydrogens (tertiary/aromatic N) is 4. The molecule has 31 heavy (non-hydrogen) atoms. The van der Waals surface area contributed by atoms with Crippen LogP contribution < -0.4 is 0 Å². The predicted octanol–water partition coefficient (Wildman–Crippen LogP) is 5.41. The van der Waals surface area contributed by atoms with Crippen molar-refractivity contribution in [2.75, 3.05) is 0 Å². The second-order valence-corrected chi connectivity index (χ2v) is 8.62. The first-order valence-corrected chi connectivity index (χ1v) is 10.9. The SMILES string of the molecule is CC(C)CCc1cn(-c2ccc(CC(=O)Cc3cnc(Cl)c4ccccc34)cc2)nn1. The second kappa shape index (κ2) is 9.40. The van der Waals surface area contributed by atoms with Crippen LogP contribution in [-0.4, -0.2) is 25.8 Å². The van der Waals surface area contributed by atoms with E-state index in [9.17, 15) is 4.79 Å². The third-order valence-corrected chi connectivity index (χ3v) is 5.64. The lowest BCUT2D eigenvalue weighted by Gasteiger charge is -2.08. The molecule has 0 bridgehead atoms. The minimum absolute atomic E-state index is 0.138. The van der Waals surface area contributed by atoms with Gasteiger partial charge in [-0.05, 0) is 47.4 Å². The molecule has 2 heterocycles. The smallest absolute Gasteiger partial charge is 0.141 e. The summed E-state index contributed by atoms with van der Waals surface area (Å²) in [6.07, 6.45) is 6.40. The van der Waals surface area contributed by atoms with Gasteiger partial charge in [0.25, 0.3) is 0 Å². The van der Waals surface area contributed by atoms with Crippen molar-refractivity contribution in [3.8, 4) is 5.69 Å². The summed E-state index contributed by atoms with van der Waals surface area (Å²) in [5.41, 5.74) is 3.81. The third kappa shape index (κ3) is 5.17. The van der Waals surface area contributed by atoms with Gasteiger partial charge in [-0.1, -0.05) is 67.1 Å². The van der Waals surface area contributed by atoms with E-state index in [4.69, 9.17) is 11.6 Å². The highest BCUT2D eigenvalue weighted by molar-refractivity contribution is 6.34. The number of rotatable bonds is 8. The van der Waals surface area contributed by atoms with Crippen molar-refractivity contribution < 1.29 is 4.79 Å². The van der Waals surface area contributed by atoms with Crippen LogP contribution in [0, 0.1) is 5.92 Å². The zero-order valence-electron chi connectivity index (χ0n) is 17.8. The fourth-order valence-corrected chi connectivity index (χ4v) is 3.82. The van der Waals surface area contributed by atoms with E-state index in [1.165, 1.54) is 0 Å². The average Bonchev–Trinajstić information content (AvgIpc) is 3.24. The molecule has 0 atom stereocenters. The van der Waals surface area contributed by atoms with Gasteiger partial charge >= 0.3 is 0 Å². The molecule has 0 amide bonds. The van der Waals surface area contributed by atoms with Gasteiger partial charge in [-0.2, -0.15) is 0 Å². The van der Waals surface area contributed by atoms with Crippen molar-refractivity contribution in [3.05, 3.63) is 82.9 Å². The van der Waals surface area contributed by atoms with Crippen molar-refractivity contribution in [2.45, 2.75) is 39.5 Å². The largest absolute Gasteiger partial charge is 0.299 e. The fraction of sp³-hybridized carbons (Fsp3) is 0.280. The molecular weight excluding hydrogens is 408 g/mol. The average molecular weight is 433 g/mol. The van der Waals surface area contributed by atoms with E-state index in [0.29, 0.717) is 23.9 Å². The number of ketones is 1. The van der Waals surface area contributed by atoms with Crippen LogP contribution in [0.5, 0.6) is 0 Å². The maximum absolute atomic E-state index is 12.7. The Balaban J connectivity index is 1.41. The Morgan fingerprint density at radius 2 is 1.77 bits per heavy atom. The molecule has 0 aliphatic carbocycles. The first-order chi connectivity index (χ1) is 15.0. The normalized spacial score (nSPS) is 11.4. The highest BCUT2D eigenvalue weighted by Crippen LogP contribution is 2.25. The maximum atomic E-state index is 12.7. The van der Waals surface area contributed by atoms with Gasteiger partial charge in [0.15, 0.2) is 0 Å². The number of pyridine rings is 1. The lowest BCUT2D eigenvalue weighted by Crippen LogP contribution is -2.07. The van der Waals surface area contributed by atoms with Gasteiger partial charge in [-0.25, -0.2) is 9.67 Å². The summed E-state index contributed by atoms with van der Waals surface area (Å²) < 4.78 is 1.78. The van der Waals surface area contributed by atoms with Crippen LogP contribution in [0.3, 0.4) is 0 Å². The molecular formula is C25H25ClN4O. The third-order valence-electron chi connectivity index (χ3n) is 5.34. The lowest BCUT2D eigenvalue weighted by atomic mass is 10.00. The topological polar surface area (TPSA) is 60.7 Å². The molecule has 4 rings (SSSR count). The predicted molar refractivity (Wildman–Crippen MR) is 124 cm³/mol. The Morgan fingerprint density at radius 1 is 1.03 bits per heavy atom. The second-order valence-electron chi connectivity index (χ2n) is 8.27. The molecule has 0 radical (unpaired) electrons. The minimum atomic E-state index is 0.138. The molecule has 0 aliphatic rings.